The Kier molecular flexibility index (Phi) is 3.87. The zero-order chi connectivity index (χ0) is 13.8. The maximum absolute atomic E-state index is 4.46. The first-order chi connectivity index (χ1) is 9.86. The lowest BCUT2D eigenvalue weighted by molar-refractivity contribution is 0.877. The van der Waals surface area contributed by atoms with Crippen LogP contribution in [0.15, 0.2) is 36.5 Å². The van der Waals surface area contributed by atoms with Crippen LogP contribution in [0.2, 0.25) is 0 Å². The van der Waals surface area contributed by atoms with Crippen LogP contribution >= 0.6 is 11.3 Å². The molecule has 4 nitrogen and oxygen atoms in total. The first kappa shape index (κ1) is 13.0. The van der Waals surface area contributed by atoms with Gasteiger partial charge in [0.1, 0.15) is 5.01 Å². The Hall–Kier alpha value is -2.01. The fraction of sp³-hybridized carbons (Fsp3) is 0.267. The summed E-state index contributed by atoms with van der Waals surface area (Å²) in [5.41, 5.74) is 2.22. The van der Waals surface area contributed by atoms with Crippen LogP contribution in [-0.4, -0.2) is 15.2 Å². The van der Waals surface area contributed by atoms with Gasteiger partial charge in [0.25, 0.3) is 0 Å². The maximum atomic E-state index is 4.46. The topological polar surface area (TPSA) is 50.7 Å². The van der Waals surface area contributed by atoms with Gasteiger partial charge in [0, 0.05) is 24.5 Å². The fourth-order valence-electron chi connectivity index (χ4n) is 2.12. The Morgan fingerprint density at radius 3 is 2.95 bits per heavy atom. The Morgan fingerprint density at radius 1 is 1.15 bits per heavy atom. The summed E-state index contributed by atoms with van der Waals surface area (Å²) < 4.78 is 0. The molecule has 0 saturated carbocycles. The molecule has 0 spiro atoms. The van der Waals surface area contributed by atoms with E-state index in [0.717, 1.165) is 40.4 Å². The molecule has 0 saturated heterocycles. The minimum absolute atomic E-state index is 0.717. The number of aryl methyl sites for hydroxylation is 1. The van der Waals surface area contributed by atoms with Gasteiger partial charge < -0.3 is 5.32 Å². The van der Waals surface area contributed by atoms with E-state index in [1.807, 2.05) is 12.3 Å². The summed E-state index contributed by atoms with van der Waals surface area (Å²) in [5.74, 6) is 0. The summed E-state index contributed by atoms with van der Waals surface area (Å²) >= 11 is 1.63. The van der Waals surface area contributed by atoms with Gasteiger partial charge in [0.05, 0.1) is 5.52 Å². The van der Waals surface area contributed by atoms with Gasteiger partial charge in [0.2, 0.25) is 5.13 Å². The quantitative estimate of drug-likeness (QED) is 0.777. The molecule has 0 aliphatic rings. The third kappa shape index (κ3) is 2.77. The average molecular weight is 284 g/mol. The number of benzene rings is 1. The van der Waals surface area contributed by atoms with Gasteiger partial charge in [-0.15, -0.1) is 10.2 Å². The second kappa shape index (κ2) is 5.96. The van der Waals surface area contributed by atoms with Crippen molar-refractivity contribution >= 4 is 27.4 Å². The van der Waals surface area contributed by atoms with Crippen molar-refractivity contribution in [1.82, 2.24) is 15.2 Å². The van der Waals surface area contributed by atoms with Crippen LogP contribution in [0, 0.1) is 0 Å². The number of nitrogens with one attached hydrogen (secondary N) is 1. The highest BCUT2D eigenvalue weighted by Crippen LogP contribution is 2.20. The molecule has 1 aromatic carbocycles. The lowest BCUT2D eigenvalue weighted by atomic mass is 10.1. The largest absolute Gasteiger partial charge is 0.356 e. The number of hydrogen-bond donors (Lipinski definition) is 1. The molecule has 20 heavy (non-hydrogen) atoms. The van der Waals surface area contributed by atoms with Gasteiger partial charge >= 0.3 is 0 Å². The summed E-state index contributed by atoms with van der Waals surface area (Å²) in [6.45, 7) is 2.87. The molecule has 0 unspecified atom stereocenters. The predicted molar refractivity (Wildman–Crippen MR) is 83.0 cm³/mol. The molecule has 2 heterocycles. The number of nitrogens with zero attached hydrogens (tertiary/aromatic N) is 3. The average Bonchev–Trinajstić information content (AvgIpc) is 2.93. The van der Waals surface area contributed by atoms with Crippen LogP contribution in [0.5, 0.6) is 0 Å². The smallest absolute Gasteiger partial charge is 0.205 e. The van der Waals surface area contributed by atoms with Gasteiger partial charge in [-0.1, -0.05) is 42.5 Å². The molecule has 0 bridgehead atoms. The van der Waals surface area contributed by atoms with Crippen molar-refractivity contribution in [1.29, 1.82) is 0 Å². The number of fused-ring (bicyclic) bond motifs is 1. The van der Waals surface area contributed by atoms with E-state index in [1.54, 1.807) is 11.3 Å². The SMILES string of the molecule is CCCc1nnc(NCc2cccc3cccnc23)s1. The second-order valence-corrected chi connectivity index (χ2v) is 5.66. The van der Waals surface area contributed by atoms with Crippen molar-refractivity contribution in [2.45, 2.75) is 26.3 Å². The molecular formula is C15H16N4S. The van der Waals surface area contributed by atoms with Crippen LogP contribution < -0.4 is 5.32 Å². The normalized spacial score (nSPS) is 10.8. The van der Waals surface area contributed by atoms with Gasteiger partial charge in [-0.2, -0.15) is 0 Å². The Balaban J connectivity index is 1.76. The number of pyridine rings is 1. The summed E-state index contributed by atoms with van der Waals surface area (Å²) in [6, 6.07) is 10.3. The van der Waals surface area contributed by atoms with Gasteiger partial charge in [-0.25, -0.2) is 0 Å². The van der Waals surface area contributed by atoms with Gasteiger partial charge in [0.15, 0.2) is 0 Å². The van der Waals surface area contributed by atoms with E-state index in [0.29, 0.717) is 0 Å². The van der Waals surface area contributed by atoms with Gasteiger partial charge in [-0.3, -0.25) is 4.98 Å². The minimum Gasteiger partial charge on any atom is -0.356 e. The van der Waals surface area contributed by atoms with E-state index in [2.05, 4.69) is 51.7 Å². The number of para-hydroxylation sites is 1. The molecule has 3 rings (SSSR count). The summed E-state index contributed by atoms with van der Waals surface area (Å²) in [7, 11) is 0. The molecular weight excluding hydrogens is 268 g/mol. The predicted octanol–water partition coefficient (Wildman–Crippen LogP) is 3.65. The van der Waals surface area contributed by atoms with Crippen molar-refractivity contribution in [3.8, 4) is 0 Å². The maximum Gasteiger partial charge on any atom is 0.205 e. The number of aromatic nitrogens is 3. The number of rotatable bonds is 5. The standard InChI is InChI=1S/C15H16N4S/c1-2-5-13-18-19-15(20-13)17-10-12-7-3-6-11-8-4-9-16-14(11)12/h3-4,6-9H,2,5,10H2,1H3,(H,17,19). The third-order valence-electron chi connectivity index (χ3n) is 3.08. The Morgan fingerprint density at radius 2 is 2.05 bits per heavy atom. The molecule has 102 valence electrons. The van der Waals surface area contributed by atoms with Crippen LogP contribution in [-0.2, 0) is 13.0 Å². The molecule has 3 aromatic rings. The highest BCUT2D eigenvalue weighted by molar-refractivity contribution is 7.15. The molecule has 1 N–H and O–H groups in total. The first-order valence-corrected chi connectivity index (χ1v) is 7.57. The van der Waals surface area contributed by atoms with Crippen molar-refractivity contribution < 1.29 is 0 Å². The van der Waals surface area contributed by atoms with Crippen molar-refractivity contribution in [2.24, 2.45) is 0 Å². The number of anilines is 1. The van der Waals surface area contributed by atoms with E-state index in [1.165, 1.54) is 5.56 Å². The number of hydrogen-bond acceptors (Lipinski definition) is 5. The molecule has 0 atom stereocenters. The zero-order valence-corrected chi connectivity index (χ0v) is 12.2. The van der Waals surface area contributed by atoms with E-state index in [9.17, 15) is 0 Å². The zero-order valence-electron chi connectivity index (χ0n) is 11.3. The summed E-state index contributed by atoms with van der Waals surface area (Å²) in [6.07, 6.45) is 3.92. The van der Waals surface area contributed by atoms with E-state index >= 15 is 0 Å². The fourth-order valence-corrected chi connectivity index (χ4v) is 2.96. The lowest BCUT2D eigenvalue weighted by Gasteiger charge is -2.05. The minimum atomic E-state index is 0.717. The molecule has 0 radical (unpaired) electrons. The van der Waals surface area contributed by atoms with Crippen LogP contribution in [0.3, 0.4) is 0 Å². The molecule has 2 aromatic heterocycles. The van der Waals surface area contributed by atoms with E-state index < -0.39 is 0 Å². The Bertz CT molecular complexity index is 702. The molecule has 0 aliphatic heterocycles. The lowest BCUT2D eigenvalue weighted by Crippen LogP contribution is -2.00. The Labute approximate surface area is 121 Å². The monoisotopic (exact) mass is 284 g/mol. The highest BCUT2D eigenvalue weighted by atomic mass is 32.1. The molecule has 0 aliphatic carbocycles. The van der Waals surface area contributed by atoms with Gasteiger partial charge in [-0.05, 0) is 18.1 Å². The third-order valence-corrected chi connectivity index (χ3v) is 4.02. The molecule has 0 fully saturated rings. The van der Waals surface area contributed by atoms with Crippen molar-refractivity contribution in [3.63, 3.8) is 0 Å². The summed E-state index contributed by atoms with van der Waals surface area (Å²) in [5, 5.41) is 14.8. The van der Waals surface area contributed by atoms with E-state index in [-0.39, 0.29) is 0 Å². The molecule has 0 amide bonds. The highest BCUT2D eigenvalue weighted by Gasteiger charge is 2.05. The second-order valence-electron chi connectivity index (χ2n) is 4.60. The van der Waals surface area contributed by atoms with Crippen LogP contribution in [0.4, 0.5) is 5.13 Å². The summed E-state index contributed by atoms with van der Waals surface area (Å²) in [4.78, 5) is 4.46. The van der Waals surface area contributed by atoms with Crippen LogP contribution in [0.1, 0.15) is 23.9 Å². The van der Waals surface area contributed by atoms with Crippen molar-refractivity contribution in [2.75, 3.05) is 5.32 Å². The van der Waals surface area contributed by atoms with Crippen molar-refractivity contribution in [3.05, 3.63) is 47.1 Å². The molecule has 5 heteroatoms. The van der Waals surface area contributed by atoms with Crippen LogP contribution in [0.25, 0.3) is 10.9 Å². The van der Waals surface area contributed by atoms with E-state index in [4.69, 9.17) is 0 Å². The first-order valence-electron chi connectivity index (χ1n) is 6.75.